The van der Waals surface area contributed by atoms with Crippen LogP contribution in [0.25, 0.3) is 0 Å². The van der Waals surface area contributed by atoms with Crippen molar-refractivity contribution >= 4 is 5.97 Å². The average Bonchev–Trinajstić information content (AvgIpc) is 3.10. The third-order valence-electron chi connectivity index (χ3n) is 8.87. The Morgan fingerprint density at radius 3 is 2.71 bits per heavy atom. The lowest BCUT2D eigenvalue weighted by Gasteiger charge is -2.44. The van der Waals surface area contributed by atoms with Gasteiger partial charge >= 0.3 is 5.97 Å². The molecule has 0 radical (unpaired) electrons. The molecule has 3 rings (SSSR count). The fourth-order valence-corrected chi connectivity index (χ4v) is 6.24. The molecule has 0 bridgehead atoms. The van der Waals surface area contributed by atoms with Gasteiger partial charge in [-0.2, -0.15) is 0 Å². The van der Waals surface area contributed by atoms with Gasteiger partial charge in [-0.3, -0.25) is 4.79 Å². The van der Waals surface area contributed by atoms with Crippen LogP contribution in [0, 0.1) is 28.6 Å². The van der Waals surface area contributed by atoms with E-state index in [0.717, 1.165) is 31.3 Å². The summed E-state index contributed by atoms with van der Waals surface area (Å²) in [5, 5.41) is 10.1. The lowest BCUT2D eigenvalue weighted by molar-refractivity contribution is -0.156. The van der Waals surface area contributed by atoms with Crippen LogP contribution < -0.4 is 0 Å². The fraction of sp³-hybridized carbons (Fsp3) is 0.750. The molecule has 0 spiro atoms. The summed E-state index contributed by atoms with van der Waals surface area (Å²) in [5.74, 6) is 1.57. The van der Waals surface area contributed by atoms with Gasteiger partial charge in [0.15, 0.2) is 0 Å². The van der Waals surface area contributed by atoms with Crippen molar-refractivity contribution in [2.24, 2.45) is 28.6 Å². The lowest BCUT2D eigenvalue weighted by Crippen LogP contribution is -2.38. The molecular weight excluding hydrogens is 384 g/mol. The zero-order valence-corrected chi connectivity index (χ0v) is 20.5. The molecule has 0 amide bonds. The summed E-state index contributed by atoms with van der Waals surface area (Å²) < 4.78 is 5.78. The van der Waals surface area contributed by atoms with Crippen molar-refractivity contribution in [2.45, 2.75) is 98.5 Å². The summed E-state index contributed by atoms with van der Waals surface area (Å²) in [6, 6.07) is 0. The Kier molecular flexibility index (Phi) is 7.56. The molecule has 174 valence electrons. The van der Waals surface area contributed by atoms with E-state index in [0.29, 0.717) is 29.8 Å². The van der Waals surface area contributed by atoms with Crippen molar-refractivity contribution in [3.63, 3.8) is 0 Å². The molecule has 5 atom stereocenters. The van der Waals surface area contributed by atoms with Gasteiger partial charge < -0.3 is 9.84 Å². The highest BCUT2D eigenvalue weighted by molar-refractivity contribution is 5.75. The number of rotatable bonds is 6. The molecule has 3 heteroatoms. The quantitative estimate of drug-likeness (QED) is 0.375. The Morgan fingerprint density at radius 1 is 1.29 bits per heavy atom. The zero-order chi connectivity index (χ0) is 22.8. The van der Waals surface area contributed by atoms with Crippen molar-refractivity contribution in [2.75, 3.05) is 6.61 Å². The summed E-state index contributed by atoms with van der Waals surface area (Å²) in [7, 11) is 0. The molecular formula is C28H44O3. The van der Waals surface area contributed by atoms with Crippen LogP contribution in [-0.2, 0) is 9.53 Å². The number of ether oxygens (including phenoxy) is 1. The maximum Gasteiger partial charge on any atom is 0.311 e. The Balaban J connectivity index is 1.66. The molecule has 0 aromatic carbocycles. The fourth-order valence-electron chi connectivity index (χ4n) is 6.24. The van der Waals surface area contributed by atoms with Gasteiger partial charge in [0.2, 0.25) is 0 Å². The summed E-state index contributed by atoms with van der Waals surface area (Å²) >= 11 is 0. The number of hydrogen-bond acceptors (Lipinski definition) is 3. The normalized spacial score (nSPS) is 35.3. The average molecular weight is 429 g/mol. The van der Waals surface area contributed by atoms with Gasteiger partial charge in [-0.1, -0.05) is 50.6 Å². The summed E-state index contributed by atoms with van der Waals surface area (Å²) in [5.41, 5.74) is 3.84. The predicted octanol–water partition coefficient (Wildman–Crippen LogP) is 6.77. The van der Waals surface area contributed by atoms with Crippen LogP contribution in [0.2, 0.25) is 0 Å². The Morgan fingerprint density at radius 2 is 2.03 bits per heavy atom. The maximum absolute atomic E-state index is 12.4. The Labute approximate surface area is 190 Å². The third-order valence-corrected chi connectivity index (χ3v) is 8.87. The smallest absolute Gasteiger partial charge is 0.311 e. The van der Waals surface area contributed by atoms with Gasteiger partial charge in [-0.25, -0.2) is 0 Å². The number of carbonyl (C=O) groups excluding carboxylic acids is 1. The number of carbonyl (C=O) groups is 1. The van der Waals surface area contributed by atoms with Gasteiger partial charge in [0.1, 0.15) is 0 Å². The summed E-state index contributed by atoms with van der Waals surface area (Å²) in [6.07, 6.45) is 14.0. The number of hydrogen-bond donors (Lipinski definition) is 1. The Hall–Kier alpha value is -1.35. The molecule has 0 heterocycles. The van der Waals surface area contributed by atoms with Crippen LogP contribution in [0.3, 0.4) is 0 Å². The highest BCUT2D eigenvalue weighted by atomic mass is 16.5. The van der Waals surface area contributed by atoms with Crippen LogP contribution in [0.4, 0.5) is 0 Å². The standard InChI is InChI=1S/C28H44O3/c1-7-27(4,5)26(30)31-18-20(3)23-14-15-24-22(9-8-16-28(23,24)6)13-12-21-11-10-19(2)25(29)17-21/h12-13,20,23-25,29H,2,7-11,14-18H2,1,3-6H3/b21-12-,22-13+/t20-,23?,24?,25?,28?/m1/s1. The van der Waals surface area contributed by atoms with E-state index in [1.54, 1.807) is 5.57 Å². The molecule has 3 saturated carbocycles. The first-order chi connectivity index (χ1) is 14.6. The molecule has 0 saturated heterocycles. The number of aliphatic hydroxyl groups excluding tert-OH is 1. The van der Waals surface area contributed by atoms with Crippen molar-refractivity contribution in [1.82, 2.24) is 0 Å². The largest absolute Gasteiger partial charge is 0.465 e. The van der Waals surface area contributed by atoms with Gasteiger partial charge in [0, 0.05) is 0 Å². The van der Waals surface area contributed by atoms with Gasteiger partial charge in [0.05, 0.1) is 18.1 Å². The van der Waals surface area contributed by atoms with Crippen molar-refractivity contribution in [1.29, 1.82) is 0 Å². The van der Waals surface area contributed by atoms with Crippen LogP contribution in [0.1, 0.15) is 92.4 Å². The van der Waals surface area contributed by atoms with E-state index in [1.807, 2.05) is 20.8 Å². The molecule has 1 N–H and O–H groups in total. The molecule has 3 fully saturated rings. The van der Waals surface area contributed by atoms with E-state index < -0.39 is 5.41 Å². The van der Waals surface area contributed by atoms with E-state index in [2.05, 4.69) is 32.6 Å². The van der Waals surface area contributed by atoms with Crippen molar-refractivity contribution in [3.8, 4) is 0 Å². The summed E-state index contributed by atoms with van der Waals surface area (Å²) in [4.78, 5) is 12.4. The third kappa shape index (κ3) is 5.18. The number of allylic oxidation sites excluding steroid dienone is 3. The molecule has 31 heavy (non-hydrogen) atoms. The van der Waals surface area contributed by atoms with E-state index in [-0.39, 0.29) is 12.1 Å². The number of aliphatic hydroxyl groups is 1. The maximum atomic E-state index is 12.4. The highest BCUT2D eigenvalue weighted by Crippen LogP contribution is 2.59. The second kappa shape index (κ2) is 9.65. The molecule has 3 aliphatic carbocycles. The first-order valence-corrected chi connectivity index (χ1v) is 12.5. The lowest BCUT2D eigenvalue weighted by atomic mass is 9.61. The van der Waals surface area contributed by atoms with Gasteiger partial charge in [-0.05, 0) is 100 Å². The van der Waals surface area contributed by atoms with Crippen LogP contribution in [-0.4, -0.2) is 23.8 Å². The van der Waals surface area contributed by atoms with Gasteiger partial charge in [-0.15, -0.1) is 0 Å². The first-order valence-electron chi connectivity index (χ1n) is 12.5. The minimum atomic E-state index is -0.394. The van der Waals surface area contributed by atoms with E-state index >= 15 is 0 Å². The monoisotopic (exact) mass is 428 g/mol. The highest BCUT2D eigenvalue weighted by Gasteiger charge is 2.50. The number of esters is 1. The predicted molar refractivity (Wildman–Crippen MR) is 128 cm³/mol. The van der Waals surface area contributed by atoms with Crippen molar-refractivity contribution in [3.05, 3.63) is 35.5 Å². The summed E-state index contributed by atoms with van der Waals surface area (Å²) in [6.45, 7) is 15.3. The molecule has 0 aliphatic heterocycles. The van der Waals surface area contributed by atoms with Crippen LogP contribution in [0.5, 0.6) is 0 Å². The van der Waals surface area contributed by atoms with Crippen LogP contribution in [0.15, 0.2) is 35.5 Å². The van der Waals surface area contributed by atoms with Gasteiger partial charge in [0.25, 0.3) is 0 Å². The van der Waals surface area contributed by atoms with Crippen LogP contribution >= 0.6 is 0 Å². The van der Waals surface area contributed by atoms with E-state index in [1.165, 1.54) is 37.7 Å². The number of fused-ring (bicyclic) bond motifs is 1. The van der Waals surface area contributed by atoms with E-state index in [4.69, 9.17) is 4.74 Å². The second-order valence-corrected chi connectivity index (χ2v) is 11.4. The second-order valence-electron chi connectivity index (χ2n) is 11.4. The minimum Gasteiger partial charge on any atom is -0.465 e. The Bertz CT molecular complexity index is 743. The molecule has 4 unspecified atom stereocenters. The first kappa shape index (κ1) is 24.3. The zero-order valence-electron chi connectivity index (χ0n) is 20.5. The minimum absolute atomic E-state index is 0.0604. The molecule has 0 aromatic rings. The molecule has 3 aliphatic rings. The van der Waals surface area contributed by atoms with E-state index in [9.17, 15) is 9.90 Å². The van der Waals surface area contributed by atoms with Crippen molar-refractivity contribution < 1.29 is 14.6 Å². The molecule has 3 nitrogen and oxygen atoms in total. The SMILES string of the molecule is C=C1CC/C(=C/C=C2\CCCC3(C)C2CCC3[C@H](C)COC(=O)C(C)(C)CC)CC1O. The topological polar surface area (TPSA) is 46.5 Å². The molecule has 0 aromatic heterocycles.